The number of carbonyl (C=O) groups excluding carboxylic acids is 1. The van der Waals surface area contributed by atoms with Gasteiger partial charge in [0, 0.05) is 5.92 Å². The van der Waals surface area contributed by atoms with Crippen LogP contribution in [0.4, 0.5) is 0 Å². The van der Waals surface area contributed by atoms with E-state index in [0.29, 0.717) is 9.90 Å². The summed E-state index contributed by atoms with van der Waals surface area (Å²) in [6.45, 7) is 8.16. The van der Waals surface area contributed by atoms with Crippen LogP contribution in [0.15, 0.2) is 11.4 Å². The van der Waals surface area contributed by atoms with Crippen LogP contribution >= 0.6 is 22.9 Å². The second-order valence-electron chi connectivity index (χ2n) is 4.55. The second-order valence-corrected chi connectivity index (χ2v) is 5.87. The van der Waals surface area contributed by atoms with Crippen LogP contribution in [0.25, 0.3) is 0 Å². The predicted molar refractivity (Wildman–Crippen MR) is 62.3 cm³/mol. The zero-order chi connectivity index (χ0) is 10.9. The minimum atomic E-state index is -0.00952. The molecule has 1 atom stereocenters. The molecule has 0 aromatic carbocycles. The third-order valence-electron chi connectivity index (χ3n) is 2.53. The van der Waals surface area contributed by atoms with Crippen molar-refractivity contribution in [3.63, 3.8) is 0 Å². The molecule has 0 bridgehead atoms. The highest BCUT2D eigenvalue weighted by Gasteiger charge is 2.29. The van der Waals surface area contributed by atoms with Gasteiger partial charge in [-0.15, -0.1) is 11.3 Å². The standard InChI is InChI=1S/C11H15ClOS/c1-7(11(2,3)4)9(13)10-8(12)5-6-14-10/h5-7H,1-4H3. The van der Waals surface area contributed by atoms with Crippen LogP contribution in [0.2, 0.25) is 5.02 Å². The molecule has 1 heterocycles. The van der Waals surface area contributed by atoms with Crippen molar-refractivity contribution in [2.75, 3.05) is 0 Å². The molecule has 78 valence electrons. The highest BCUT2D eigenvalue weighted by Crippen LogP contribution is 2.32. The van der Waals surface area contributed by atoms with Gasteiger partial charge < -0.3 is 0 Å². The Balaban J connectivity index is 2.92. The van der Waals surface area contributed by atoms with Gasteiger partial charge in [-0.3, -0.25) is 4.79 Å². The summed E-state index contributed by atoms with van der Waals surface area (Å²) in [4.78, 5) is 12.7. The van der Waals surface area contributed by atoms with Crippen LogP contribution in [-0.2, 0) is 0 Å². The van der Waals surface area contributed by atoms with E-state index >= 15 is 0 Å². The number of Topliss-reactive ketones (excluding diaryl/α,β-unsaturated/α-hetero) is 1. The monoisotopic (exact) mass is 230 g/mol. The number of thiophene rings is 1. The van der Waals surface area contributed by atoms with Gasteiger partial charge in [0.1, 0.15) is 0 Å². The fourth-order valence-electron chi connectivity index (χ4n) is 1.06. The van der Waals surface area contributed by atoms with Gasteiger partial charge in [0.05, 0.1) is 9.90 Å². The Hall–Kier alpha value is -0.340. The molecule has 0 aliphatic carbocycles. The van der Waals surface area contributed by atoms with Crippen molar-refractivity contribution in [2.24, 2.45) is 11.3 Å². The minimum absolute atomic E-state index is 0.00125. The summed E-state index contributed by atoms with van der Waals surface area (Å²) in [7, 11) is 0. The van der Waals surface area contributed by atoms with Crippen LogP contribution in [0, 0.1) is 11.3 Å². The van der Waals surface area contributed by atoms with E-state index in [2.05, 4.69) is 20.8 Å². The molecule has 0 saturated carbocycles. The maximum absolute atomic E-state index is 12.0. The number of carbonyl (C=O) groups is 1. The number of hydrogen-bond donors (Lipinski definition) is 0. The summed E-state index contributed by atoms with van der Waals surface area (Å²) in [6.07, 6.45) is 0. The first kappa shape index (κ1) is 11.7. The highest BCUT2D eigenvalue weighted by molar-refractivity contribution is 7.12. The van der Waals surface area contributed by atoms with Gasteiger partial charge in [-0.05, 0) is 16.9 Å². The molecule has 14 heavy (non-hydrogen) atoms. The van der Waals surface area contributed by atoms with E-state index < -0.39 is 0 Å². The molecular weight excluding hydrogens is 216 g/mol. The van der Waals surface area contributed by atoms with Crippen LogP contribution in [0.1, 0.15) is 37.4 Å². The molecule has 3 heteroatoms. The first-order valence-corrected chi connectivity index (χ1v) is 5.87. The number of halogens is 1. The summed E-state index contributed by atoms with van der Waals surface area (Å²) < 4.78 is 0. The van der Waals surface area contributed by atoms with Crippen LogP contribution in [-0.4, -0.2) is 5.78 Å². The minimum Gasteiger partial charge on any atom is -0.293 e. The molecule has 0 N–H and O–H groups in total. The molecule has 1 rings (SSSR count). The lowest BCUT2D eigenvalue weighted by molar-refractivity contribution is 0.0844. The van der Waals surface area contributed by atoms with Gasteiger partial charge >= 0.3 is 0 Å². The van der Waals surface area contributed by atoms with E-state index in [1.54, 1.807) is 6.07 Å². The van der Waals surface area contributed by atoms with Gasteiger partial charge in [0.15, 0.2) is 5.78 Å². The van der Waals surface area contributed by atoms with E-state index in [9.17, 15) is 4.79 Å². The first-order valence-electron chi connectivity index (χ1n) is 4.61. The van der Waals surface area contributed by atoms with Gasteiger partial charge in [-0.25, -0.2) is 0 Å². The smallest absolute Gasteiger partial charge is 0.177 e. The Morgan fingerprint density at radius 2 is 2.07 bits per heavy atom. The number of hydrogen-bond acceptors (Lipinski definition) is 2. The summed E-state index contributed by atoms with van der Waals surface area (Å²) >= 11 is 7.34. The Morgan fingerprint density at radius 3 is 2.43 bits per heavy atom. The SMILES string of the molecule is CC(C(=O)c1sccc1Cl)C(C)(C)C. The maximum atomic E-state index is 12.0. The molecule has 0 saturated heterocycles. The average molecular weight is 231 g/mol. The molecule has 0 radical (unpaired) electrons. The Kier molecular flexibility index (Phi) is 3.38. The lowest BCUT2D eigenvalue weighted by atomic mass is 9.79. The van der Waals surface area contributed by atoms with E-state index in [0.717, 1.165) is 0 Å². The van der Waals surface area contributed by atoms with Crippen LogP contribution in [0.3, 0.4) is 0 Å². The van der Waals surface area contributed by atoms with E-state index in [1.807, 2.05) is 12.3 Å². The quantitative estimate of drug-likeness (QED) is 0.694. The van der Waals surface area contributed by atoms with Crippen molar-refractivity contribution in [2.45, 2.75) is 27.7 Å². The zero-order valence-corrected chi connectivity index (χ0v) is 10.5. The van der Waals surface area contributed by atoms with Gasteiger partial charge in [-0.1, -0.05) is 39.3 Å². The average Bonchev–Trinajstić information content (AvgIpc) is 2.47. The van der Waals surface area contributed by atoms with Crippen LogP contribution in [0.5, 0.6) is 0 Å². The van der Waals surface area contributed by atoms with Crippen molar-refractivity contribution in [1.82, 2.24) is 0 Å². The zero-order valence-electron chi connectivity index (χ0n) is 8.93. The number of rotatable bonds is 2. The van der Waals surface area contributed by atoms with Gasteiger partial charge in [0.25, 0.3) is 0 Å². The topological polar surface area (TPSA) is 17.1 Å². The van der Waals surface area contributed by atoms with Crippen LogP contribution < -0.4 is 0 Å². The maximum Gasteiger partial charge on any atom is 0.177 e. The van der Waals surface area contributed by atoms with Gasteiger partial charge in [-0.2, -0.15) is 0 Å². The summed E-state index contributed by atoms with van der Waals surface area (Å²) in [5.41, 5.74) is -0.00952. The lowest BCUT2D eigenvalue weighted by Gasteiger charge is -2.25. The normalized spacial score (nSPS) is 14.1. The molecule has 1 unspecified atom stereocenters. The lowest BCUT2D eigenvalue weighted by Crippen LogP contribution is -2.25. The summed E-state index contributed by atoms with van der Waals surface area (Å²) in [6, 6.07) is 1.77. The molecule has 0 fully saturated rings. The van der Waals surface area contributed by atoms with Crippen molar-refractivity contribution in [3.05, 3.63) is 21.3 Å². The first-order chi connectivity index (χ1) is 6.34. The Bertz CT molecular complexity index is 335. The Morgan fingerprint density at radius 1 is 1.50 bits per heavy atom. The summed E-state index contributed by atoms with van der Waals surface area (Å²) in [5.74, 6) is 0.149. The van der Waals surface area contributed by atoms with E-state index in [4.69, 9.17) is 11.6 Å². The summed E-state index contributed by atoms with van der Waals surface area (Å²) in [5, 5.41) is 2.43. The largest absolute Gasteiger partial charge is 0.293 e. The van der Waals surface area contributed by atoms with Crippen molar-refractivity contribution >= 4 is 28.7 Å². The fourth-order valence-corrected chi connectivity index (χ4v) is 2.24. The highest BCUT2D eigenvalue weighted by atomic mass is 35.5. The molecule has 0 aliphatic rings. The molecule has 1 aromatic rings. The molecular formula is C11H15ClOS. The fraction of sp³-hybridized carbons (Fsp3) is 0.545. The predicted octanol–water partition coefficient (Wildman–Crippen LogP) is 4.27. The molecule has 1 nitrogen and oxygen atoms in total. The molecule has 0 spiro atoms. The third-order valence-corrected chi connectivity index (χ3v) is 3.89. The molecule has 0 aliphatic heterocycles. The van der Waals surface area contributed by atoms with Crippen molar-refractivity contribution in [3.8, 4) is 0 Å². The van der Waals surface area contributed by atoms with Gasteiger partial charge in [0.2, 0.25) is 0 Å². The Labute approximate surface area is 94.1 Å². The van der Waals surface area contributed by atoms with E-state index in [-0.39, 0.29) is 17.1 Å². The third kappa shape index (κ3) is 2.37. The second kappa shape index (κ2) is 4.03. The van der Waals surface area contributed by atoms with Crippen molar-refractivity contribution < 1.29 is 4.79 Å². The number of ketones is 1. The molecule has 0 amide bonds. The molecule has 1 aromatic heterocycles. The van der Waals surface area contributed by atoms with E-state index in [1.165, 1.54) is 11.3 Å². The van der Waals surface area contributed by atoms with Crippen molar-refractivity contribution in [1.29, 1.82) is 0 Å².